The maximum absolute atomic E-state index is 13.2. The molecule has 1 aliphatic rings. The molecule has 1 aromatic carbocycles. The third-order valence-corrected chi connectivity index (χ3v) is 6.76. The molecule has 0 bridgehead atoms. The number of carbonyl (C=O) groups excluding carboxylic acids is 1. The fourth-order valence-corrected chi connectivity index (χ4v) is 4.77. The molecule has 3 heterocycles. The van der Waals surface area contributed by atoms with Gasteiger partial charge in [-0.15, -0.1) is 5.10 Å². The number of hydrogen-bond acceptors (Lipinski definition) is 7. The van der Waals surface area contributed by atoms with Crippen LogP contribution in [0, 0.1) is 5.92 Å². The highest BCUT2D eigenvalue weighted by Gasteiger charge is 2.24. The van der Waals surface area contributed by atoms with Crippen molar-refractivity contribution in [1.82, 2.24) is 24.9 Å². The monoisotopic (exact) mass is 486 g/mol. The van der Waals surface area contributed by atoms with Gasteiger partial charge in [0.05, 0.1) is 13.2 Å². The number of nitrogen functional groups attached to an aromatic ring is 1. The molecule has 9 heteroatoms. The van der Waals surface area contributed by atoms with Crippen LogP contribution >= 0.6 is 0 Å². The Labute approximate surface area is 209 Å². The molecule has 5 rings (SSSR count). The zero-order chi connectivity index (χ0) is 25.1. The molecular formula is C27H30N6O3. The molecule has 4 aromatic rings. The molecule has 9 nitrogen and oxygen atoms in total. The molecule has 186 valence electrons. The zero-order valence-electron chi connectivity index (χ0n) is 20.5. The maximum atomic E-state index is 13.2. The van der Waals surface area contributed by atoms with Crippen LogP contribution in [0.2, 0.25) is 0 Å². The van der Waals surface area contributed by atoms with Crippen LogP contribution < -0.4 is 20.5 Å². The lowest BCUT2D eigenvalue weighted by molar-refractivity contribution is 0.0946. The molecule has 1 amide bonds. The number of nitrogens with one attached hydrogen (secondary N) is 1. The number of para-hydroxylation sites is 1. The van der Waals surface area contributed by atoms with E-state index < -0.39 is 0 Å². The summed E-state index contributed by atoms with van der Waals surface area (Å²) in [5, 5.41) is 7.10. The summed E-state index contributed by atoms with van der Waals surface area (Å²) in [6, 6.07) is 13.3. The van der Waals surface area contributed by atoms with Gasteiger partial charge < -0.3 is 20.5 Å². The van der Waals surface area contributed by atoms with Gasteiger partial charge in [0.2, 0.25) is 11.8 Å². The summed E-state index contributed by atoms with van der Waals surface area (Å²) in [5.41, 5.74) is 9.15. The van der Waals surface area contributed by atoms with Gasteiger partial charge in [-0.2, -0.15) is 4.98 Å². The Kier molecular flexibility index (Phi) is 6.71. The van der Waals surface area contributed by atoms with Gasteiger partial charge in [0.25, 0.3) is 5.91 Å². The van der Waals surface area contributed by atoms with Crippen LogP contribution in [0.1, 0.15) is 48.5 Å². The number of nitrogens with zero attached hydrogens (tertiary/aromatic N) is 4. The summed E-state index contributed by atoms with van der Waals surface area (Å²) in [6.07, 6.45) is 8.53. The largest absolute Gasteiger partial charge is 0.490 e. The van der Waals surface area contributed by atoms with E-state index in [9.17, 15) is 4.79 Å². The first kappa shape index (κ1) is 23.6. The molecule has 3 aromatic heterocycles. The van der Waals surface area contributed by atoms with Crippen molar-refractivity contribution in [2.75, 3.05) is 12.8 Å². The Bertz CT molecular complexity index is 1380. The summed E-state index contributed by atoms with van der Waals surface area (Å²) >= 11 is 0. The smallest absolute Gasteiger partial charge is 0.257 e. The van der Waals surface area contributed by atoms with Crippen LogP contribution in [0.25, 0.3) is 16.8 Å². The fourth-order valence-electron chi connectivity index (χ4n) is 4.77. The van der Waals surface area contributed by atoms with E-state index >= 15 is 0 Å². The molecule has 1 atom stereocenters. The van der Waals surface area contributed by atoms with Gasteiger partial charge >= 0.3 is 0 Å². The van der Waals surface area contributed by atoms with E-state index in [-0.39, 0.29) is 23.8 Å². The number of ether oxygens (including phenoxy) is 2. The van der Waals surface area contributed by atoms with Crippen LogP contribution in [0.4, 0.5) is 5.95 Å². The van der Waals surface area contributed by atoms with E-state index in [2.05, 4.69) is 27.3 Å². The van der Waals surface area contributed by atoms with Gasteiger partial charge in [0.15, 0.2) is 5.65 Å². The molecule has 1 unspecified atom stereocenters. The van der Waals surface area contributed by atoms with Crippen LogP contribution in [-0.2, 0) is 6.54 Å². The predicted octanol–water partition coefficient (Wildman–Crippen LogP) is 4.27. The molecule has 1 saturated carbocycles. The van der Waals surface area contributed by atoms with Crippen molar-refractivity contribution in [3.8, 4) is 22.8 Å². The zero-order valence-corrected chi connectivity index (χ0v) is 20.5. The van der Waals surface area contributed by atoms with Crippen molar-refractivity contribution in [1.29, 1.82) is 0 Å². The number of hydrogen-bond donors (Lipinski definition) is 2. The number of methoxy groups -OCH3 is 1. The number of rotatable bonds is 8. The molecule has 0 aliphatic heterocycles. The number of aromatic nitrogens is 4. The molecule has 36 heavy (non-hydrogen) atoms. The van der Waals surface area contributed by atoms with E-state index in [0.29, 0.717) is 23.7 Å². The van der Waals surface area contributed by atoms with Gasteiger partial charge in [-0.05, 0) is 55.5 Å². The molecule has 0 saturated heterocycles. The minimum atomic E-state index is -0.285. The van der Waals surface area contributed by atoms with Gasteiger partial charge in [-0.1, -0.05) is 31.0 Å². The summed E-state index contributed by atoms with van der Waals surface area (Å²) in [7, 11) is 1.50. The fraction of sp³-hybridized carbons (Fsp3) is 0.333. The number of benzene rings is 1. The van der Waals surface area contributed by atoms with Gasteiger partial charge in [0.1, 0.15) is 11.3 Å². The van der Waals surface area contributed by atoms with Crippen LogP contribution in [0.3, 0.4) is 0 Å². The van der Waals surface area contributed by atoms with E-state index in [1.165, 1.54) is 32.8 Å². The average Bonchev–Trinajstić information content (AvgIpc) is 3.56. The minimum Gasteiger partial charge on any atom is -0.490 e. The number of amides is 1. The second-order valence-corrected chi connectivity index (χ2v) is 9.13. The second kappa shape index (κ2) is 10.2. The third kappa shape index (κ3) is 4.95. The van der Waals surface area contributed by atoms with Crippen molar-refractivity contribution in [3.63, 3.8) is 0 Å². The standard InChI is InChI=1S/C27H30N6O3/c1-17(18-7-3-4-8-18)36-23-10-6-5-9-20(23)15-29-25(34)22-13-21(16-30-26(22)35-2)19-11-12-33-24(14-19)31-27(28)32-33/h5-6,9-14,16-18H,3-4,7-8,15H2,1-2H3,(H2,28,32)(H,29,34). The predicted molar refractivity (Wildman–Crippen MR) is 137 cm³/mol. The van der Waals surface area contributed by atoms with Gasteiger partial charge in [-0.3, -0.25) is 4.79 Å². The summed E-state index contributed by atoms with van der Waals surface area (Å²) in [4.78, 5) is 21.8. The molecule has 3 N–H and O–H groups in total. The molecule has 0 spiro atoms. The van der Waals surface area contributed by atoms with Gasteiger partial charge in [0, 0.05) is 30.1 Å². The van der Waals surface area contributed by atoms with Crippen molar-refractivity contribution in [2.24, 2.45) is 5.92 Å². The molecule has 0 radical (unpaired) electrons. The Morgan fingerprint density at radius 2 is 2.00 bits per heavy atom. The van der Waals surface area contributed by atoms with Crippen LogP contribution in [0.5, 0.6) is 11.6 Å². The maximum Gasteiger partial charge on any atom is 0.257 e. The normalized spacial score (nSPS) is 14.6. The highest BCUT2D eigenvalue weighted by atomic mass is 16.5. The molecular weight excluding hydrogens is 456 g/mol. The number of nitrogens with two attached hydrogens (primary N) is 1. The Hall–Kier alpha value is -4.14. The van der Waals surface area contributed by atoms with Crippen LogP contribution in [0.15, 0.2) is 54.9 Å². The second-order valence-electron chi connectivity index (χ2n) is 9.13. The summed E-state index contributed by atoms with van der Waals surface area (Å²) < 4.78 is 13.3. The topological polar surface area (TPSA) is 117 Å². The number of carbonyl (C=O) groups is 1. The lowest BCUT2D eigenvalue weighted by Crippen LogP contribution is -2.25. The quantitative estimate of drug-likeness (QED) is 0.382. The van der Waals surface area contributed by atoms with E-state index in [4.69, 9.17) is 15.2 Å². The Morgan fingerprint density at radius 3 is 2.81 bits per heavy atom. The van der Waals surface area contributed by atoms with Gasteiger partial charge in [-0.25, -0.2) is 9.50 Å². The third-order valence-electron chi connectivity index (χ3n) is 6.76. The van der Waals surface area contributed by atoms with E-state index in [0.717, 1.165) is 22.4 Å². The van der Waals surface area contributed by atoms with Crippen molar-refractivity contribution in [3.05, 3.63) is 66.0 Å². The minimum absolute atomic E-state index is 0.142. The van der Waals surface area contributed by atoms with E-state index in [1.54, 1.807) is 23.0 Å². The number of fused-ring (bicyclic) bond motifs is 1. The highest BCUT2D eigenvalue weighted by Crippen LogP contribution is 2.31. The first-order chi connectivity index (χ1) is 17.5. The average molecular weight is 487 g/mol. The lowest BCUT2D eigenvalue weighted by atomic mass is 10.0. The lowest BCUT2D eigenvalue weighted by Gasteiger charge is -2.22. The van der Waals surface area contributed by atoms with Crippen LogP contribution in [-0.4, -0.2) is 38.7 Å². The van der Waals surface area contributed by atoms with Crippen molar-refractivity contribution >= 4 is 17.5 Å². The first-order valence-corrected chi connectivity index (χ1v) is 12.2. The van der Waals surface area contributed by atoms with Crippen molar-refractivity contribution < 1.29 is 14.3 Å². The highest BCUT2D eigenvalue weighted by molar-refractivity contribution is 5.97. The SMILES string of the molecule is COc1ncc(-c2ccn3nc(N)nc3c2)cc1C(=O)NCc1ccccc1OC(C)C1CCCC1. The van der Waals surface area contributed by atoms with E-state index in [1.807, 2.05) is 36.4 Å². The Morgan fingerprint density at radius 1 is 1.19 bits per heavy atom. The molecule has 1 fully saturated rings. The molecule has 1 aliphatic carbocycles. The van der Waals surface area contributed by atoms with Crippen molar-refractivity contribution in [2.45, 2.75) is 45.3 Å². The number of pyridine rings is 2. The first-order valence-electron chi connectivity index (χ1n) is 12.2. The Balaban J connectivity index is 1.34. The summed E-state index contributed by atoms with van der Waals surface area (Å²) in [6.45, 7) is 2.46. The summed E-state index contributed by atoms with van der Waals surface area (Å²) in [5.74, 6) is 1.55. The number of anilines is 1.